The summed E-state index contributed by atoms with van der Waals surface area (Å²) < 4.78 is 13.5. The van der Waals surface area contributed by atoms with Crippen molar-refractivity contribution in [1.29, 1.82) is 0 Å². The zero-order valence-electron chi connectivity index (χ0n) is 15.6. The second-order valence-electron chi connectivity index (χ2n) is 6.34. The lowest BCUT2D eigenvalue weighted by Gasteiger charge is -2.10. The van der Waals surface area contributed by atoms with Crippen LogP contribution in [0.1, 0.15) is 23.7 Å². The SMILES string of the molecule is CCn1c(SCC(=O)c2ccccc2)nnc1-c1ccc2c(c1)OCCCO2. The number of ketones is 1. The van der Waals surface area contributed by atoms with E-state index in [1.165, 1.54) is 11.8 Å². The minimum absolute atomic E-state index is 0.0772. The molecule has 2 aromatic carbocycles. The Morgan fingerprint density at radius 2 is 1.86 bits per heavy atom. The number of fused-ring (bicyclic) bond motifs is 1. The fourth-order valence-electron chi connectivity index (χ4n) is 3.03. The average Bonchev–Trinajstić information content (AvgIpc) is 3.01. The average molecular weight is 395 g/mol. The van der Waals surface area contributed by atoms with Gasteiger partial charge in [0.15, 0.2) is 28.3 Å². The quantitative estimate of drug-likeness (QED) is 0.462. The highest BCUT2D eigenvalue weighted by molar-refractivity contribution is 7.99. The van der Waals surface area contributed by atoms with E-state index in [0.717, 1.165) is 34.5 Å². The van der Waals surface area contributed by atoms with Gasteiger partial charge in [-0.05, 0) is 25.1 Å². The van der Waals surface area contributed by atoms with Crippen LogP contribution in [0.4, 0.5) is 0 Å². The van der Waals surface area contributed by atoms with Crippen molar-refractivity contribution >= 4 is 17.5 Å². The molecule has 0 unspecified atom stereocenters. The molecule has 28 heavy (non-hydrogen) atoms. The Kier molecular flexibility index (Phi) is 5.62. The fourth-order valence-corrected chi connectivity index (χ4v) is 3.93. The largest absolute Gasteiger partial charge is 0.490 e. The summed E-state index contributed by atoms with van der Waals surface area (Å²) >= 11 is 1.41. The summed E-state index contributed by atoms with van der Waals surface area (Å²) in [6.07, 6.45) is 0.866. The van der Waals surface area contributed by atoms with Gasteiger partial charge in [0, 0.05) is 24.1 Å². The number of ether oxygens (including phenoxy) is 2. The van der Waals surface area contributed by atoms with E-state index in [2.05, 4.69) is 10.2 Å². The Morgan fingerprint density at radius 1 is 1.07 bits per heavy atom. The number of hydrogen-bond acceptors (Lipinski definition) is 6. The lowest BCUT2D eigenvalue weighted by atomic mass is 10.2. The molecule has 1 aromatic heterocycles. The van der Waals surface area contributed by atoms with Crippen molar-refractivity contribution < 1.29 is 14.3 Å². The van der Waals surface area contributed by atoms with E-state index in [1.54, 1.807) is 0 Å². The molecule has 0 radical (unpaired) electrons. The number of thioether (sulfide) groups is 1. The van der Waals surface area contributed by atoms with Crippen LogP contribution < -0.4 is 9.47 Å². The van der Waals surface area contributed by atoms with Crippen LogP contribution in [-0.4, -0.2) is 39.5 Å². The van der Waals surface area contributed by atoms with Gasteiger partial charge in [-0.3, -0.25) is 4.79 Å². The summed E-state index contributed by atoms with van der Waals surface area (Å²) in [5.41, 5.74) is 1.63. The minimum Gasteiger partial charge on any atom is -0.490 e. The Hall–Kier alpha value is -2.80. The highest BCUT2D eigenvalue weighted by Crippen LogP contribution is 2.34. The third kappa shape index (κ3) is 3.89. The van der Waals surface area contributed by atoms with Crippen molar-refractivity contribution in [2.45, 2.75) is 25.0 Å². The maximum atomic E-state index is 12.4. The number of nitrogens with zero attached hydrogens (tertiary/aromatic N) is 3. The van der Waals surface area contributed by atoms with Crippen LogP contribution in [0.3, 0.4) is 0 Å². The Labute approximate surface area is 167 Å². The van der Waals surface area contributed by atoms with Gasteiger partial charge in [-0.15, -0.1) is 10.2 Å². The molecule has 2 heterocycles. The highest BCUT2D eigenvalue weighted by Gasteiger charge is 2.18. The molecule has 144 valence electrons. The second-order valence-corrected chi connectivity index (χ2v) is 7.28. The molecular weight excluding hydrogens is 374 g/mol. The van der Waals surface area contributed by atoms with Crippen LogP contribution >= 0.6 is 11.8 Å². The fraction of sp³-hybridized carbons (Fsp3) is 0.286. The molecule has 7 heteroatoms. The minimum atomic E-state index is 0.0772. The van der Waals surface area contributed by atoms with E-state index >= 15 is 0 Å². The summed E-state index contributed by atoms with van der Waals surface area (Å²) in [4.78, 5) is 12.4. The van der Waals surface area contributed by atoms with Gasteiger partial charge in [-0.2, -0.15) is 0 Å². The first-order valence-corrected chi connectivity index (χ1v) is 10.3. The van der Waals surface area contributed by atoms with Crippen molar-refractivity contribution in [2.24, 2.45) is 0 Å². The first kappa shape index (κ1) is 18.6. The molecular formula is C21H21N3O3S. The van der Waals surface area contributed by atoms with E-state index in [4.69, 9.17) is 9.47 Å². The molecule has 0 saturated heterocycles. The first-order valence-electron chi connectivity index (χ1n) is 9.30. The van der Waals surface area contributed by atoms with Crippen LogP contribution in [-0.2, 0) is 6.54 Å². The Morgan fingerprint density at radius 3 is 2.64 bits per heavy atom. The summed E-state index contributed by atoms with van der Waals surface area (Å²) in [5.74, 6) is 2.64. The predicted molar refractivity (Wildman–Crippen MR) is 108 cm³/mol. The van der Waals surface area contributed by atoms with Crippen LogP contribution in [0.15, 0.2) is 53.7 Å². The van der Waals surface area contributed by atoms with Gasteiger partial charge in [0.1, 0.15) is 0 Å². The maximum absolute atomic E-state index is 12.4. The summed E-state index contributed by atoms with van der Waals surface area (Å²) in [7, 11) is 0. The van der Waals surface area contributed by atoms with Gasteiger partial charge < -0.3 is 14.0 Å². The van der Waals surface area contributed by atoms with Crippen LogP contribution in [0.25, 0.3) is 11.4 Å². The number of rotatable bonds is 6. The van der Waals surface area contributed by atoms with Gasteiger partial charge in [0.05, 0.1) is 19.0 Å². The smallest absolute Gasteiger partial charge is 0.191 e. The standard InChI is InChI=1S/C21H21N3O3S/c1-2-24-20(16-9-10-18-19(13-16)27-12-6-11-26-18)22-23-21(24)28-14-17(25)15-7-4-3-5-8-15/h3-5,7-10,13H,2,6,11-12,14H2,1H3. The highest BCUT2D eigenvalue weighted by atomic mass is 32.2. The molecule has 0 atom stereocenters. The van der Waals surface area contributed by atoms with Gasteiger partial charge in [-0.1, -0.05) is 42.1 Å². The maximum Gasteiger partial charge on any atom is 0.191 e. The summed E-state index contributed by atoms with van der Waals surface area (Å²) in [6.45, 7) is 4.05. The molecule has 0 saturated carbocycles. The lowest BCUT2D eigenvalue weighted by molar-refractivity contribution is 0.102. The molecule has 0 N–H and O–H groups in total. The van der Waals surface area contributed by atoms with Crippen molar-refractivity contribution in [3.63, 3.8) is 0 Å². The van der Waals surface area contributed by atoms with Crippen LogP contribution in [0, 0.1) is 0 Å². The number of hydrogen-bond donors (Lipinski definition) is 0. The number of benzene rings is 2. The Balaban J connectivity index is 1.54. The van der Waals surface area contributed by atoms with E-state index < -0.39 is 0 Å². The number of Topliss-reactive ketones (excluding diaryl/α,β-unsaturated/α-hetero) is 1. The zero-order chi connectivity index (χ0) is 19.3. The monoisotopic (exact) mass is 395 g/mol. The van der Waals surface area contributed by atoms with Crippen molar-refractivity contribution in [2.75, 3.05) is 19.0 Å². The van der Waals surface area contributed by atoms with Gasteiger partial charge in [0.2, 0.25) is 0 Å². The molecule has 1 aliphatic rings. The normalized spacial score (nSPS) is 13.2. The Bertz CT molecular complexity index is 972. The van der Waals surface area contributed by atoms with Gasteiger partial charge in [-0.25, -0.2) is 0 Å². The molecule has 0 bridgehead atoms. The number of carbonyl (C=O) groups is 1. The molecule has 0 fully saturated rings. The predicted octanol–water partition coefficient (Wildman–Crippen LogP) is 4.10. The van der Waals surface area contributed by atoms with E-state index in [0.29, 0.717) is 31.1 Å². The van der Waals surface area contributed by atoms with Crippen LogP contribution in [0.5, 0.6) is 11.5 Å². The first-order chi connectivity index (χ1) is 13.8. The van der Waals surface area contributed by atoms with E-state index in [9.17, 15) is 4.79 Å². The molecule has 3 aromatic rings. The number of aromatic nitrogens is 3. The third-order valence-corrected chi connectivity index (χ3v) is 5.43. The van der Waals surface area contributed by atoms with Gasteiger partial charge >= 0.3 is 0 Å². The van der Waals surface area contributed by atoms with Crippen molar-refractivity contribution in [3.8, 4) is 22.9 Å². The van der Waals surface area contributed by atoms with Crippen LogP contribution in [0.2, 0.25) is 0 Å². The van der Waals surface area contributed by atoms with Gasteiger partial charge in [0.25, 0.3) is 0 Å². The van der Waals surface area contributed by atoms with E-state index in [-0.39, 0.29) is 5.78 Å². The molecule has 0 aliphatic carbocycles. The molecule has 0 spiro atoms. The molecule has 0 amide bonds. The lowest BCUT2D eigenvalue weighted by Crippen LogP contribution is -2.05. The van der Waals surface area contributed by atoms with E-state index in [1.807, 2.05) is 60.0 Å². The van der Waals surface area contributed by atoms with Crippen molar-refractivity contribution in [1.82, 2.24) is 14.8 Å². The summed E-state index contributed by atoms with van der Waals surface area (Å²) in [5, 5.41) is 9.41. The topological polar surface area (TPSA) is 66.2 Å². The van der Waals surface area contributed by atoms with Crippen molar-refractivity contribution in [3.05, 3.63) is 54.1 Å². The summed E-state index contributed by atoms with van der Waals surface area (Å²) in [6, 6.07) is 15.1. The molecule has 6 nitrogen and oxygen atoms in total. The third-order valence-electron chi connectivity index (χ3n) is 4.47. The zero-order valence-corrected chi connectivity index (χ0v) is 16.4. The second kappa shape index (κ2) is 8.48. The number of carbonyl (C=O) groups excluding carboxylic acids is 1. The molecule has 1 aliphatic heterocycles. The molecule has 4 rings (SSSR count).